The number of carbonyl (C=O) groups is 2. The van der Waals surface area contributed by atoms with E-state index in [1.165, 1.54) is 33.7 Å². The Morgan fingerprint density at radius 1 is 0.938 bits per heavy atom. The Bertz CT molecular complexity index is 3200. The highest BCUT2D eigenvalue weighted by molar-refractivity contribution is 6.00. The predicted octanol–water partition coefficient (Wildman–Crippen LogP) is 7.34. The van der Waals surface area contributed by atoms with Gasteiger partial charge >= 0.3 is 17.4 Å². The first-order valence-corrected chi connectivity index (χ1v) is 21.8. The summed E-state index contributed by atoms with van der Waals surface area (Å²) in [5.74, 6) is -2.15. The summed E-state index contributed by atoms with van der Waals surface area (Å²) >= 11 is 0. The molecule has 1 aliphatic carbocycles. The van der Waals surface area contributed by atoms with Gasteiger partial charge in [0, 0.05) is 48.4 Å². The second-order valence-corrected chi connectivity index (χ2v) is 18.3. The van der Waals surface area contributed by atoms with E-state index in [1.807, 2.05) is 30.5 Å². The van der Waals surface area contributed by atoms with Crippen LogP contribution in [0.1, 0.15) is 114 Å². The van der Waals surface area contributed by atoms with Gasteiger partial charge in [0.1, 0.15) is 28.7 Å². The molecule has 2 fully saturated rings. The number of nitrogens with one attached hydrogen (secondary N) is 1. The second-order valence-electron chi connectivity index (χ2n) is 18.3. The fraction of sp³-hybridized carbons (Fsp3) is 0.375. The Kier molecular flexibility index (Phi) is 9.78. The highest BCUT2D eigenvalue weighted by atomic mass is 19.1. The lowest BCUT2D eigenvalue weighted by molar-refractivity contribution is -0.0592. The number of carbonyl (C=O) groups excluding carboxylic acids is 2. The molecular formula is C48H48F2N8O7. The molecule has 1 saturated carbocycles. The lowest BCUT2D eigenvalue weighted by Crippen LogP contribution is -2.41. The van der Waals surface area contributed by atoms with E-state index >= 15 is 13.6 Å². The molecule has 17 heteroatoms. The summed E-state index contributed by atoms with van der Waals surface area (Å²) in [6, 6.07) is 14.7. The van der Waals surface area contributed by atoms with Crippen LogP contribution in [0.3, 0.4) is 0 Å². The number of rotatable bonds is 8. The number of aryl methyl sites for hydroxylation is 2. The fourth-order valence-electron chi connectivity index (χ4n) is 10.4. The maximum Gasteiger partial charge on any atom is 0.438 e. The molecule has 7 aromatic rings. The third kappa shape index (κ3) is 6.69. The quantitative estimate of drug-likeness (QED) is 0.154. The molecule has 0 bridgehead atoms. The van der Waals surface area contributed by atoms with Crippen molar-refractivity contribution in [2.75, 3.05) is 20.3 Å². The molecule has 1 amide bonds. The summed E-state index contributed by atoms with van der Waals surface area (Å²) in [4.78, 5) is 59.2. The van der Waals surface area contributed by atoms with Crippen molar-refractivity contribution >= 4 is 22.8 Å². The third-order valence-corrected chi connectivity index (χ3v) is 13.8. The number of amides is 1. The zero-order valence-electron chi connectivity index (χ0n) is 37.1. The van der Waals surface area contributed by atoms with Gasteiger partial charge in [-0.05, 0) is 131 Å². The van der Waals surface area contributed by atoms with Crippen LogP contribution in [-0.4, -0.2) is 76.3 Å². The molecule has 2 aliphatic heterocycles. The molecule has 15 nitrogen and oxygen atoms in total. The molecule has 10 rings (SSSR count). The average molecular weight is 887 g/mol. The molecule has 65 heavy (non-hydrogen) atoms. The van der Waals surface area contributed by atoms with E-state index in [9.17, 15) is 14.4 Å². The van der Waals surface area contributed by atoms with Crippen molar-refractivity contribution < 1.29 is 32.4 Å². The van der Waals surface area contributed by atoms with Crippen molar-refractivity contribution in [1.29, 1.82) is 0 Å². The minimum absolute atomic E-state index is 0.0136. The lowest BCUT2D eigenvalue weighted by Gasteiger charge is -2.35. The first-order chi connectivity index (χ1) is 31.0. The van der Waals surface area contributed by atoms with E-state index in [2.05, 4.69) is 36.1 Å². The largest absolute Gasteiger partial charge is 0.465 e. The van der Waals surface area contributed by atoms with E-state index in [4.69, 9.17) is 19.1 Å². The average Bonchev–Trinajstić information content (AvgIpc) is 3.77. The topological polar surface area (TPSA) is 164 Å². The Morgan fingerprint density at radius 3 is 2.34 bits per heavy atom. The number of H-pyrrole nitrogens is 1. The number of hydrogen-bond donors (Lipinski definition) is 1. The van der Waals surface area contributed by atoms with Gasteiger partial charge < -0.3 is 18.9 Å². The highest BCUT2D eigenvalue weighted by Gasteiger charge is 2.59. The summed E-state index contributed by atoms with van der Waals surface area (Å²) < 4.78 is 52.3. The predicted molar refractivity (Wildman–Crippen MR) is 234 cm³/mol. The van der Waals surface area contributed by atoms with Crippen LogP contribution in [0.15, 0.2) is 81.1 Å². The van der Waals surface area contributed by atoms with Crippen molar-refractivity contribution in [3.63, 3.8) is 0 Å². The lowest BCUT2D eigenvalue weighted by atomic mass is 9.83. The molecule has 4 aromatic heterocycles. The summed E-state index contributed by atoms with van der Waals surface area (Å²) in [7, 11) is 1.15. The van der Waals surface area contributed by atoms with Crippen LogP contribution >= 0.6 is 0 Å². The van der Waals surface area contributed by atoms with Crippen molar-refractivity contribution in [3.05, 3.63) is 145 Å². The molecule has 0 spiro atoms. The van der Waals surface area contributed by atoms with Gasteiger partial charge in [0.25, 0.3) is 5.91 Å². The smallest absolute Gasteiger partial charge is 0.438 e. The highest BCUT2D eigenvalue weighted by Crippen LogP contribution is 2.56. The van der Waals surface area contributed by atoms with Crippen LogP contribution in [-0.2, 0) is 21.4 Å². The number of fused-ring (bicyclic) bond motifs is 2. The molecule has 6 heterocycles. The molecule has 336 valence electrons. The molecule has 0 radical (unpaired) electrons. The van der Waals surface area contributed by atoms with E-state index in [0.717, 1.165) is 42.5 Å². The number of esters is 1. The Hall–Kier alpha value is -6.88. The summed E-state index contributed by atoms with van der Waals surface area (Å²) in [6.45, 7) is 12.4. The van der Waals surface area contributed by atoms with Gasteiger partial charge in [0.15, 0.2) is 5.82 Å². The molecule has 3 aliphatic rings. The van der Waals surface area contributed by atoms with Crippen molar-refractivity contribution in [2.24, 2.45) is 5.92 Å². The van der Waals surface area contributed by atoms with Crippen molar-refractivity contribution in [3.8, 4) is 17.2 Å². The first-order valence-electron chi connectivity index (χ1n) is 21.8. The number of benzene rings is 3. The zero-order chi connectivity index (χ0) is 45.9. The van der Waals surface area contributed by atoms with Gasteiger partial charge in [-0.1, -0.05) is 18.1 Å². The van der Waals surface area contributed by atoms with Crippen LogP contribution in [0.4, 0.5) is 8.78 Å². The van der Waals surface area contributed by atoms with E-state index in [0.29, 0.717) is 64.9 Å². The zero-order valence-corrected chi connectivity index (χ0v) is 37.1. The van der Waals surface area contributed by atoms with Crippen LogP contribution in [0.5, 0.6) is 0 Å². The van der Waals surface area contributed by atoms with E-state index < -0.39 is 34.8 Å². The molecule has 4 atom stereocenters. The summed E-state index contributed by atoms with van der Waals surface area (Å²) in [5, 5.41) is 10.1. The summed E-state index contributed by atoms with van der Waals surface area (Å²) in [6.07, 6.45) is 5.64. The number of methoxy groups -OCH3 is 1. The SMILES string of the molecule is COC(=O)c1ccc(-n2ccn(-c3c4c(nn3-c3cc(C)c(F)c(C)c3)CCN(C(=O)c3cc5cc([C@H]6CCOC(C)(C)C6)ccc5n3[C@@]3(c5noc(=O)[nH]5)C[C@@H]3C)[C@H]4C)c2=O)cc1F. The van der Waals surface area contributed by atoms with Gasteiger partial charge in [-0.3, -0.25) is 23.4 Å². The first kappa shape index (κ1) is 42.1. The Labute approximate surface area is 371 Å². The minimum atomic E-state index is -0.871. The minimum Gasteiger partial charge on any atom is -0.465 e. The summed E-state index contributed by atoms with van der Waals surface area (Å²) in [5.41, 5.74) is 2.99. The Balaban J connectivity index is 1.11. The fourth-order valence-corrected chi connectivity index (χ4v) is 10.4. The van der Waals surface area contributed by atoms with Crippen LogP contribution in [0, 0.1) is 31.4 Å². The standard InChI is InChI=1S/C48H48F2N8O7/c1-25-18-33(19-26(2)40(25)50)58-41(56-16-15-55(46(56)62)32-9-10-34(35(49)22-32)43(60)63-7)39-28(4)54(14-12-36(39)52-58)42(59)38-21-31-20-29(30-13-17-64-47(5,6)24-30)8-11-37(31)57(38)48(23-27(48)3)44-51-45(61)65-53-44/h8-11,15-16,18-22,27-28,30H,12-14,17,23-24H2,1-7H3,(H,51,53,61)/t27-,28-,30-,48-/m0/s1. The second kappa shape index (κ2) is 15.1. The van der Waals surface area contributed by atoms with Crippen molar-refractivity contribution in [1.82, 2.24) is 38.5 Å². The van der Waals surface area contributed by atoms with Gasteiger partial charge in [-0.15, -0.1) is 0 Å². The number of halogens is 2. The number of nitrogens with zero attached hydrogens (tertiary/aromatic N) is 7. The number of hydrogen-bond acceptors (Lipinski definition) is 9. The van der Waals surface area contributed by atoms with Crippen LogP contribution < -0.4 is 11.4 Å². The van der Waals surface area contributed by atoms with E-state index in [-0.39, 0.29) is 47.0 Å². The number of aromatic amines is 1. The number of aromatic nitrogens is 7. The Morgan fingerprint density at radius 2 is 1.68 bits per heavy atom. The molecule has 1 N–H and O–H groups in total. The monoisotopic (exact) mass is 886 g/mol. The number of imidazole rings is 1. The molecule has 0 unspecified atom stereocenters. The van der Waals surface area contributed by atoms with Gasteiger partial charge in [0.2, 0.25) is 0 Å². The maximum absolute atomic E-state index is 15.5. The molecular weight excluding hydrogens is 839 g/mol. The van der Waals surface area contributed by atoms with E-state index in [1.54, 1.807) is 35.6 Å². The molecule has 1 saturated heterocycles. The van der Waals surface area contributed by atoms with Gasteiger partial charge in [-0.2, -0.15) is 5.10 Å². The number of ether oxygens (including phenoxy) is 2. The van der Waals surface area contributed by atoms with Crippen LogP contribution in [0.2, 0.25) is 0 Å². The van der Waals surface area contributed by atoms with Gasteiger partial charge in [0.05, 0.1) is 41.4 Å². The van der Waals surface area contributed by atoms with Crippen LogP contribution in [0.25, 0.3) is 28.1 Å². The molecule has 3 aromatic carbocycles. The maximum atomic E-state index is 15.5. The normalized spacial score (nSPS) is 21.4. The van der Waals surface area contributed by atoms with Gasteiger partial charge in [-0.25, -0.2) is 27.8 Å². The third-order valence-electron chi connectivity index (χ3n) is 13.8. The van der Waals surface area contributed by atoms with Crippen molar-refractivity contribution in [2.45, 2.75) is 90.3 Å².